The van der Waals surface area contributed by atoms with Crippen molar-refractivity contribution in [3.8, 4) is 0 Å². The lowest BCUT2D eigenvalue weighted by atomic mass is 10.3. The first-order chi connectivity index (χ1) is 9.44. The second kappa shape index (κ2) is 6.00. The van der Waals surface area contributed by atoms with Gasteiger partial charge in [0.25, 0.3) is 10.0 Å². The molecule has 0 unspecified atom stereocenters. The number of rotatable bonds is 6. The van der Waals surface area contributed by atoms with Gasteiger partial charge in [0.1, 0.15) is 0 Å². The number of nitrogens with zero attached hydrogens (tertiary/aromatic N) is 2. The molecular weight excluding hydrogens is 300 g/mol. The van der Waals surface area contributed by atoms with Gasteiger partial charge in [-0.2, -0.15) is 5.10 Å². The van der Waals surface area contributed by atoms with E-state index in [0.717, 1.165) is 10.7 Å². The molecule has 0 atom stereocenters. The van der Waals surface area contributed by atoms with Crippen molar-refractivity contribution in [1.29, 1.82) is 0 Å². The van der Waals surface area contributed by atoms with Crippen molar-refractivity contribution in [2.75, 3.05) is 6.54 Å². The summed E-state index contributed by atoms with van der Waals surface area (Å²) < 4.78 is 26.7. The number of aromatic nitrogens is 3. The monoisotopic (exact) mass is 316 g/mol. The van der Waals surface area contributed by atoms with Crippen LogP contribution in [0.15, 0.2) is 10.4 Å². The summed E-state index contributed by atoms with van der Waals surface area (Å²) in [7, 11) is -3.72. The van der Waals surface area contributed by atoms with Crippen LogP contribution in [-0.4, -0.2) is 35.3 Å². The van der Waals surface area contributed by atoms with Crippen LogP contribution < -0.4 is 4.72 Å². The van der Waals surface area contributed by atoms with Crippen molar-refractivity contribution in [3.05, 3.63) is 27.3 Å². The number of H-pyrrole nitrogens is 1. The van der Waals surface area contributed by atoms with Crippen molar-refractivity contribution in [2.45, 2.75) is 31.9 Å². The van der Waals surface area contributed by atoms with Crippen molar-refractivity contribution >= 4 is 21.4 Å². The van der Waals surface area contributed by atoms with E-state index in [9.17, 15) is 13.5 Å². The highest BCUT2D eigenvalue weighted by Gasteiger charge is 2.22. The van der Waals surface area contributed by atoms with Crippen LogP contribution in [0.3, 0.4) is 0 Å². The second-order valence-electron chi connectivity index (χ2n) is 4.32. The first kappa shape index (κ1) is 15.1. The second-order valence-corrected chi connectivity index (χ2v) is 6.95. The molecule has 110 valence electrons. The Morgan fingerprint density at radius 2 is 2.20 bits per heavy atom. The summed E-state index contributed by atoms with van der Waals surface area (Å²) in [6.07, 6.45) is 0.523. The maximum Gasteiger partial charge on any atom is 0.260 e. The fourth-order valence-corrected chi connectivity index (χ4v) is 3.71. The first-order valence-electron chi connectivity index (χ1n) is 5.99. The summed E-state index contributed by atoms with van der Waals surface area (Å²) in [6.45, 7) is 3.43. The molecule has 2 heterocycles. The van der Waals surface area contributed by atoms with Gasteiger partial charge in [-0.05, 0) is 13.8 Å². The maximum atomic E-state index is 12.1. The van der Waals surface area contributed by atoms with E-state index in [1.54, 1.807) is 6.92 Å². The largest absolute Gasteiger partial charge is 0.392 e. The van der Waals surface area contributed by atoms with Crippen molar-refractivity contribution in [3.63, 3.8) is 0 Å². The molecule has 0 aliphatic heterocycles. The smallest absolute Gasteiger partial charge is 0.260 e. The molecule has 3 N–H and O–H groups in total. The summed E-state index contributed by atoms with van der Waals surface area (Å²) in [5, 5.41) is 18.2. The first-order valence-corrected chi connectivity index (χ1v) is 8.35. The molecule has 0 spiro atoms. The maximum absolute atomic E-state index is 12.1. The van der Waals surface area contributed by atoms with Gasteiger partial charge in [-0.25, -0.2) is 18.1 Å². The van der Waals surface area contributed by atoms with E-state index in [4.69, 9.17) is 0 Å². The molecule has 0 fully saturated rings. The molecule has 0 amide bonds. The highest BCUT2D eigenvalue weighted by atomic mass is 32.2. The van der Waals surface area contributed by atoms with E-state index < -0.39 is 10.0 Å². The average molecular weight is 316 g/mol. The standard InChI is InChI=1S/C11H16N4O3S2/c1-7-6-19-10(13-7)3-4-12-20(17,18)11-9(5-16)8(2)14-15-11/h6,12,16H,3-5H2,1-2H3,(H,14,15). The molecule has 0 aromatic carbocycles. The molecule has 0 aliphatic carbocycles. The van der Waals surface area contributed by atoms with E-state index >= 15 is 0 Å². The van der Waals surface area contributed by atoms with E-state index in [-0.39, 0.29) is 18.2 Å². The van der Waals surface area contributed by atoms with E-state index in [1.807, 2.05) is 12.3 Å². The van der Waals surface area contributed by atoms with Gasteiger partial charge in [0, 0.05) is 35.3 Å². The fraction of sp³-hybridized carbons (Fsp3) is 0.455. The van der Waals surface area contributed by atoms with Gasteiger partial charge in [0.2, 0.25) is 0 Å². The Kier molecular flexibility index (Phi) is 4.53. The van der Waals surface area contributed by atoms with Crippen molar-refractivity contribution < 1.29 is 13.5 Å². The number of aromatic amines is 1. The summed E-state index contributed by atoms with van der Waals surface area (Å²) in [5.74, 6) is 0. The van der Waals surface area contributed by atoms with Crippen LogP contribution in [0.5, 0.6) is 0 Å². The zero-order valence-corrected chi connectivity index (χ0v) is 12.8. The predicted octanol–water partition coefficient (Wildman–Crippen LogP) is 0.496. The predicted molar refractivity (Wildman–Crippen MR) is 75.0 cm³/mol. The Balaban J connectivity index is 2.04. The topological polar surface area (TPSA) is 108 Å². The molecule has 0 saturated carbocycles. The molecule has 0 radical (unpaired) electrons. The normalized spacial score (nSPS) is 11.9. The van der Waals surface area contributed by atoms with Crippen molar-refractivity contribution in [1.82, 2.24) is 19.9 Å². The minimum atomic E-state index is -3.72. The number of aliphatic hydroxyl groups is 1. The number of thiazole rings is 1. The van der Waals surface area contributed by atoms with Gasteiger partial charge < -0.3 is 5.11 Å². The lowest BCUT2D eigenvalue weighted by molar-refractivity contribution is 0.277. The van der Waals surface area contributed by atoms with Gasteiger partial charge >= 0.3 is 0 Å². The van der Waals surface area contributed by atoms with E-state index in [0.29, 0.717) is 17.7 Å². The number of aryl methyl sites for hydroxylation is 2. The molecule has 2 aromatic rings. The quantitative estimate of drug-likeness (QED) is 0.719. The summed E-state index contributed by atoms with van der Waals surface area (Å²) in [6, 6.07) is 0. The molecule has 2 rings (SSSR count). The number of aliphatic hydroxyl groups excluding tert-OH is 1. The highest BCUT2D eigenvalue weighted by Crippen LogP contribution is 2.16. The van der Waals surface area contributed by atoms with E-state index in [1.165, 1.54) is 11.3 Å². The third kappa shape index (κ3) is 3.23. The van der Waals surface area contributed by atoms with Gasteiger partial charge in [-0.3, -0.25) is 5.10 Å². The summed E-state index contributed by atoms with van der Waals surface area (Å²) in [5.41, 5.74) is 1.77. The van der Waals surface area contributed by atoms with Crippen LogP contribution in [0, 0.1) is 13.8 Å². The van der Waals surface area contributed by atoms with Gasteiger partial charge in [0.15, 0.2) is 5.03 Å². The number of sulfonamides is 1. The van der Waals surface area contributed by atoms with Gasteiger partial charge in [-0.15, -0.1) is 11.3 Å². The van der Waals surface area contributed by atoms with Crippen LogP contribution in [0.2, 0.25) is 0 Å². The minimum Gasteiger partial charge on any atom is -0.392 e. The molecule has 0 saturated heterocycles. The third-order valence-electron chi connectivity index (χ3n) is 2.75. The number of hydrogen-bond donors (Lipinski definition) is 3. The molecule has 0 bridgehead atoms. The molecule has 7 nitrogen and oxygen atoms in total. The van der Waals surface area contributed by atoms with E-state index in [2.05, 4.69) is 19.9 Å². The van der Waals surface area contributed by atoms with Crippen LogP contribution >= 0.6 is 11.3 Å². The zero-order valence-electron chi connectivity index (χ0n) is 11.2. The molecule has 2 aromatic heterocycles. The van der Waals surface area contributed by atoms with Crippen molar-refractivity contribution in [2.24, 2.45) is 0 Å². The Hall–Kier alpha value is -1.29. The molecule has 0 aliphatic rings. The van der Waals surface area contributed by atoms with Crippen LogP contribution in [-0.2, 0) is 23.1 Å². The Morgan fingerprint density at radius 3 is 2.80 bits per heavy atom. The van der Waals surface area contributed by atoms with Crippen LogP contribution in [0.4, 0.5) is 0 Å². The highest BCUT2D eigenvalue weighted by molar-refractivity contribution is 7.89. The van der Waals surface area contributed by atoms with Gasteiger partial charge in [-0.1, -0.05) is 0 Å². The third-order valence-corrected chi connectivity index (χ3v) is 5.20. The SMILES string of the molecule is Cc1csc(CCNS(=O)(=O)c2n[nH]c(C)c2CO)n1. The van der Waals surface area contributed by atoms with Crippen LogP contribution in [0.25, 0.3) is 0 Å². The summed E-state index contributed by atoms with van der Waals surface area (Å²) >= 11 is 1.50. The van der Waals surface area contributed by atoms with Crippen LogP contribution in [0.1, 0.15) is 22.0 Å². The molecule has 9 heteroatoms. The average Bonchev–Trinajstić information content (AvgIpc) is 2.95. The number of hydrogen-bond acceptors (Lipinski definition) is 6. The Bertz CT molecular complexity index is 690. The minimum absolute atomic E-state index is 0.146. The fourth-order valence-electron chi connectivity index (χ4n) is 1.72. The Morgan fingerprint density at radius 1 is 1.45 bits per heavy atom. The lowest BCUT2D eigenvalue weighted by Crippen LogP contribution is -2.27. The van der Waals surface area contributed by atoms with Gasteiger partial charge in [0.05, 0.1) is 11.6 Å². The lowest BCUT2D eigenvalue weighted by Gasteiger charge is -2.04. The number of nitrogens with one attached hydrogen (secondary N) is 2. The Labute approximate surface area is 121 Å². The zero-order chi connectivity index (χ0) is 14.8. The molecular formula is C11H16N4O3S2. The summed E-state index contributed by atoms with van der Waals surface area (Å²) in [4.78, 5) is 4.26. The molecule has 20 heavy (non-hydrogen) atoms.